The number of nitrogens with one attached hydrogen (secondary N) is 1. The second-order valence-corrected chi connectivity index (χ2v) is 6.47. The molecular weight excluding hydrogens is 324 g/mol. The normalized spacial score (nSPS) is 16.0. The molecular formula is C18H24N2O5. The van der Waals surface area contributed by atoms with Crippen LogP contribution in [0.25, 0.3) is 0 Å². The molecule has 1 atom stereocenters. The Morgan fingerprint density at radius 2 is 2.04 bits per heavy atom. The molecule has 1 unspecified atom stereocenters. The number of rotatable bonds is 7. The number of nitrogens with zero attached hydrogens (tertiary/aromatic N) is 1. The van der Waals surface area contributed by atoms with Crippen LogP contribution in [0.5, 0.6) is 0 Å². The molecule has 2 rings (SSSR count). The standard InChI is InChI=1S/C18H24N2O5/c1-13(25-17(21)11-10-14-6-3-2-4-7-14)18(22)19-15-8-5-9-16(12-15)20(23)24/h5,8-9,12-14H,2-4,6-7,10-11H2,1H3,(H,19,22). The molecule has 0 heterocycles. The van der Waals surface area contributed by atoms with Crippen LogP contribution in [-0.4, -0.2) is 22.9 Å². The zero-order valence-corrected chi connectivity index (χ0v) is 14.4. The van der Waals surface area contributed by atoms with E-state index in [0.717, 1.165) is 19.3 Å². The van der Waals surface area contributed by atoms with Gasteiger partial charge in [-0.15, -0.1) is 0 Å². The lowest BCUT2D eigenvalue weighted by Crippen LogP contribution is -2.30. The van der Waals surface area contributed by atoms with Gasteiger partial charge in [0.1, 0.15) is 0 Å². The van der Waals surface area contributed by atoms with E-state index < -0.39 is 16.9 Å². The highest BCUT2D eigenvalue weighted by molar-refractivity contribution is 5.95. The molecule has 0 radical (unpaired) electrons. The van der Waals surface area contributed by atoms with Crippen LogP contribution in [0.3, 0.4) is 0 Å². The summed E-state index contributed by atoms with van der Waals surface area (Å²) in [5.74, 6) is -0.311. The van der Waals surface area contributed by atoms with Crippen molar-refractivity contribution in [3.8, 4) is 0 Å². The third-order valence-corrected chi connectivity index (χ3v) is 4.48. The Hall–Kier alpha value is -2.44. The average Bonchev–Trinajstić information content (AvgIpc) is 2.61. The fourth-order valence-corrected chi connectivity index (χ4v) is 3.05. The second kappa shape index (κ2) is 9.15. The number of carbonyl (C=O) groups excluding carboxylic acids is 2. The largest absolute Gasteiger partial charge is 0.453 e. The number of amides is 1. The predicted molar refractivity (Wildman–Crippen MR) is 93.1 cm³/mol. The lowest BCUT2D eigenvalue weighted by atomic mass is 9.86. The van der Waals surface area contributed by atoms with Gasteiger partial charge in [-0.05, 0) is 25.3 Å². The Labute approximate surface area is 146 Å². The molecule has 1 N–H and O–H groups in total. The molecule has 0 bridgehead atoms. The van der Waals surface area contributed by atoms with Crippen molar-refractivity contribution in [2.75, 3.05) is 5.32 Å². The van der Waals surface area contributed by atoms with Gasteiger partial charge < -0.3 is 10.1 Å². The Kier molecular flexibility index (Phi) is 6.91. The topological polar surface area (TPSA) is 98.5 Å². The minimum Gasteiger partial charge on any atom is -0.453 e. The fourth-order valence-electron chi connectivity index (χ4n) is 3.05. The Bertz CT molecular complexity index is 626. The van der Waals surface area contributed by atoms with E-state index >= 15 is 0 Å². The number of anilines is 1. The molecule has 0 saturated heterocycles. The number of benzene rings is 1. The molecule has 25 heavy (non-hydrogen) atoms. The number of nitro groups is 1. The van der Waals surface area contributed by atoms with E-state index in [1.165, 1.54) is 44.4 Å². The third kappa shape index (κ3) is 6.17. The van der Waals surface area contributed by atoms with Gasteiger partial charge in [-0.1, -0.05) is 38.2 Å². The summed E-state index contributed by atoms with van der Waals surface area (Å²) >= 11 is 0. The van der Waals surface area contributed by atoms with Crippen molar-refractivity contribution in [2.24, 2.45) is 5.92 Å². The zero-order valence-electron chi connectivity index (χ0n) is 14.4. The second-order valence-electron chi connectivity index (χ2n) is 6.47. The minimum atomic E-state index is -0.946. The van der Waals surface area contributed by atoms with Crippen LogP contribution in [0.1, 0.15) is 51.9 Å². The molecule has 7 heteroatoms. The van der Waals surface area contributed by atoms with E-state index in [0.29, 0.717) is 18.0 Å². The van der Waals surface area contributed by atoms with Gasteiger partial charge in [0.25, 0.3) is 11.6 Å². The number of nitro benzene ring substituents is 1. The monoisotopic (exact) mass is 348 g/mol. The summed E-state index contributed by atoms with van der Waals surface area (Å²) in [7, 11) is 0. The van der Waals surface area contributed by atoms with Gasteiger partial charge in [-0.2, -0.15) is 0 Å². The van der Waals surface area contributed by atoms with E-state index in [-0.39, 0.29) is 11.7 Å². The maximum Gasteiger partial charge on any atom is 0.306 e. The maximum atomic E-state index is 12.1. The molecule has 1 aromatic carbocycles. The lowest BCUT2D eigenvalue weighted by molar-refractivity contribution is -0.384. The van der Waals surface area contributed by atoms with E-state index in [1.54, 1.807) is 6.07 Å². The van der Waals surface area contributed by atoms with Crippen molar-refractivity contribution in [3.05, 3.63) is 34.4 Å². The smallest absolute Gasteiger partial charge is 0.306 e. The van der Waals surface area contributed by atoms with Crippen molar-refractivity contribution < 1.29 is 19.2 Å². The summed E-state index contributed by atoms with van der Waals surface area (Å²) in [5, 5.41) is 13.3. The summed E-state index contributed by atoms with van der Waals surface area (Å²) in [5.41, 5.74) is 0.180. The van der Waals surface area contributed by atoms with E-state index in [1.807, 2.05) is 0 Å². The van der Waals surface area contributed by atoms with Gasteiger partial charge in [0.15, 0.2) is 6.10 Å². The van der Waals surface area contributed by atoms with Crippen LogP contribution in [-0.2, 0) is 14.3 Å². The first-order valence-corrected chi connectivity index (χ1v) is 8.70. The molecule has 1 aliphatic carbocycles. The van der Waals surface area contributed by atoms with Crippen molar-refractivity contribution in [1.29, 1.82) is 0 Å². The molecule has 0 spiro atoms. The minimum absolute atomic E-state index is 0.116. The van der Waals surface area contributed by atoms with E-state index in [9.17, 15) is 19.7 Å². The average molecular weight is 348 g/mol. The molecule has 1 fully saturated rings. The van der Waals surface area contributed by atoms with Gasteiger partial charge in [0, 0.05) is 24.2 Å². The first-order valence-electron chi connectivity index (χ1n) is 8.70. The highest BCUT2D eigenvalue weighted by atomic mass is 16.6. The fraction of sp³-hybridized carbons (Fsp3) is 0.556. The quantitative estimate of drug-likeness (QED) is 0.459. The SMILES string of the molecule is CC(OC(=O)CCC1CCCCC1)C(=O)Nc1cccc([N+](=O)[O-])c1. The van der Waals surface area contributed by atoms with Gasteiger partial charge >= 0.3 is 5.97 Å². The maximum absolute atomic E-state index is 12.1. The number of ether oxygens (including phenoxy) is 1. The zero-order chi connectivity index (χ0) is 18.2. The van der Waals surface area contributed by atoms with E-state index in [2.05, 4.69) is 5.32 Å². The molecule has 1 saturated carbocycles. The summed E-state index contributed by atoms with van der Waals surface area (Å²) in [4.78, 5) is 34.2. The molecule has 1 amide bonds. The van der Waals surface area contributed by atoms with Crippen molar-refractivity contribution in [1.82, 2.24) is 0 Å². The van der Waals surface area contributed by atoms with Crippen LogP contribution in [0.4, 0.5) is 11.4 Å². The number of hydrogen-bond acceptors (Lipinski definition) is 5. The van der Waals surface area contributed by atoms with Gasteiger partial charge in [-0.25, -0.2) is 0 Å². The Balaban J connectivity index is 1.78. The summed E-state index contributed by atoms with van der Waals surface area (Å²) in [6.45, 7) is 1.49. The van der Waals surface area contributed by atoms with Gasteiger partial charge in [0.05, 0.1) is 4.92 Å². The third-order valence-electron chi connectivity index (χ3n) is 4.48. The summed E-state index contributed by atoms with van der Waals surface area (Å²) in [6.07, 6.45) is 6.22. The van der Waals surface area contributed by atoms with Crippen molar-refractivity contribution >= 4 is 23.3 Å². The van der Waals surface area contributed by atoms with Crippen LogP contribution in [0.2, 0.25) is 0 Å². The van der Waals surface area contributed by atoms with Crippen LogP contribution < -0.4 is 5.32 Å². The molecule has 0 aliphatic heterocycles. The van der Waals surface area contributed by atoms with Crippen molar-refractivity contribution in [2.45, 2.75) is 58.0 Å². The Morgan fingerprint density at radius 3 is 2.72 bits per heavy atom. The summed E-state index contributed by atoms with van der Waals surface area (Å²) < 4.78 is 5.17. The highest BCUT2D eigenvalue weighted by Gasteiger charge is 2.20. The first-order chi connectivity index (χ1) is 12.0. The van der Waals surface area contributed by atoms with Gasteiger partial charge in [-0.3, -0.25) is 19.7 Å². The predicted octanol–water partition coefficient (Wildman–Crippen LogP) is 3.83. The van der Waals surface area contributed by atoms with E-state index in [4.69, 9.17) is 4.74 Å². The first kappa shape index (κ1) is 18.9. The number of esters is 1. The highest BCUT2D eigenvalue weighted by Crippen LogP contribution is 2.27. The van der Waals surface area contributed by atoms with Gasteiger partial charge in [0.2, 0.25) is 0 Å². The number of hydrogen-bond donors (Lipinski definition) is 1. The van der Waals surface area contributed by atoms with Crippen LogP contribution in [0, 0.1) is 16.0 Å². The molecule has 136 valence electrons. The Morgan fingerprint density at radius 1 is 1.32 bits per heavy atom. The summed E-state index contributed by atoms with van der Waals surface area (Å²) in [6, 6.07) is 5.62. The molecule has 7 nitrogen and oxygen atoms in total. The van der Waals surface area contributed by atoms with Crippen molar-refractivity contribution in [3.63, 3.8) is 0 Å². The number of non-ortho nitro benzene ring substituents is 1. The van der Waals surface area contributed by atoms with Crippen LogP contribution >= 0.6 is 0 Å². The molecule has 1 aliphatic rings. The van der Waals surface area contributed by atoms with Crippen LogP contribution in [0.15, 0.2) is 24.3 Å². The molecule has 1 aromatic rings. The number of carbonyl (C=O) groups is 2. The molecule has 0 aromatic heterocycles. The lowest BCUT2D eigenvalue weighted by Gasteiger charge is -2.21.